The van der Waals surface area contributed by atoms with Crippen molar-refractivity contribution in [3.05, 3.63) is 42.0 Å². The van der Waals surface area contributed by atoms with Gasteiger partial charge in [0, 0.05) is 5.39 Å². The molecule has 0 spiro atoms. The van der Waals surface area contributed by atoms with E-state index in [1.54, 1.807) is 31.2 Å². The van der Waals surface area contributed by atoms with Gasteiger partial charge < -0.3 is 9.29 Å². The molecule has 0 fully saturated rings. The van der Waals surface area contributed by atoms with Gasteiger partial charge in [0.1, 0.15) is 0 Å². The van der Waals surface area contributed by atoms with Crippen molar-refractivity contribution in [1.29, 1.82) is 0 Å². The van der Waals surface area contributed by atoms with E-state index in [2.05, 4.69) is 4.18 Å². The minimum absolute atomic E-state index is 0.211. The number of hydrogen-bond acceptors (Lipinski definition) is 4. The quantitative estimate of drug-likeness (QED) is 0.686. The number of aliphatic hydroxyl groups is 1. The molecule has 0 aliphatic heterocycles. The summed E-state index contributed by atoms with van der Waals surface area (Å²) in [5.41, 5.74) is -5.23. The lowest BCUT2D eigenvalue weighted by atomic mass is 10.0. The summed E-state index contributed by atoms with van der Waals surface area (Å²) in [4.78, 5) is 0. The van der Waals surface area contributed by atoms with Crippen LogP contribution in [0.15, 0.2) is 36.4 Å². The Labute approximate surface area is 125 Å². The number of hydrogen-bond donors (Lipinski definition) is 1. The zero-order valence-electron chi connectivity index (χ0n) is 11.5. The van der Waals surface area contributed by atoms with Crippen molar-refractivity contribution in [3.63, 3.8) is 0 Å². The second kappa shape index (κ2) is 5.77. The Morgan fingerprint density at radius 1 is 1.23 bits per heavy atom. The maximum absolute atomic E-state index is 12.5. The molecular formula is C14H13F3O4S. The Kier molecular flexibility index (Phi) is 4.35. The second-order valence-corrected chi connectivity index (χ2v) is 6.19. The van der Waals surface area contributed by atoms with Crippen LogP contribution in [-0.4, -0.2) is 19.0 Å². The molecular weight excluding hydrogens is 321 g/mol. The van der Waals surface area contributed by atoms with Crippen LogP contribution in [0, 0.1) is 0 Å². The standard InChI is InChI=1S/C14H13F3O4S/c1-2-12(18)10-7-9-5-3-4-6-11(9)13(8-10)21-22(19,20)14(15,16)17/h3-8,12,18H,2H2,1H3. The van der Waals surface area contributed by atoms with Crippen molar-refractivity contribution in [3.8, 4) is 5.75 Å². The summed E-state index contributed by atoms with van der Waals surface area (Å²) in [6, 6.07) is 8.92. The highest BCUT2D eigenvalue weighted by molar-refractivity contribution is 7.88. The molecule has 2 rings (SSSR count). The van der Waals surface area contributed by atoms with Crippen LogP contribution >= 0.6 is 0 Å². The third-order valence-corrected chi connectivity index (χ3v) is 4.07. The van der Waals surface area contributed by atoms with Crippen LogP contribution in [0.2, 0.25) is 0 Å². The molecule has 1 unspecified atom stereocenters. The summed E-state index contributed by atoms with van der Waals surface area (Å²) in [7, 11) is -5.77. The SMILES string of the molecule is CCC(O)c1cc(OS(=O)(=O)C(F)(F)F)c2ccccc2c1. The first kappa shape index (κ1) is 16.6. The van der Waals surface area contributed by atoms with E-state index >= 15 is 0 Å². The number of alkyl halides is 3. The van der Waals surface area contributed by atoms with Crippen LogP contribution in [0.25, 0.3) is 10.8 Å². The first-order valence-electron chi connectivity index (χ1n) is 6.37. The fourth-order valence-corrected chi connectivity index (χ4v) is 2.43. The minimum Gasteiger partial charge on any atom is -0.388 e. The highest BCUT2D eigenvalue weighted by Crippen LogP contribution is 2.34. The summed E-state index contributed by atoms with van der Waals surface area (Å²) < 4.78 is 64.1. The fourth-order valence-electron chi connectivity index (χ4n) is 1.96. The number of aliphatic hydroxyl groups excluding tert-OH is 1. The molecule has 1 N–H and O–H groups in total. The topological polar surface area (TPSA) is 63.6 Å². The van der Waals surface area contributed by atoms with Gasteiger partial charge in [0.15, 0.2) is 5.75 Å². The van der Waals surface area contributed by atoms with Crippen LogP contribution in [0.3, 0.4) is 0 Å². The maximum Gasteiger partial charge on any atom is 0.534 e. The van der Waals surface area contributed by atoms with Gasteiger partial charge in [0.05, 0.1) is 6.10 Å². The second-order valence-electron chi connectivity index (χ2n) is 4.65. The van der Waals surface area contributed by atoms with Gasteiger partial charge in [-0.05, 0) is 29.5 Å². The van der Waals surface area contributed by atoms with Gasteiger partial charge in [-0.1, -0.05) is 31.2 Å². The molecule has 22 heavy (non-hydrogen) atoms. The molecule has 2 aromatic rings. The van der Waals surface area contributed by atoms with Gasteiger partial charge in [0.25, 0.3) is 0 Å². The van der Waals surface area contributed by atoms with E-state index in [0.717, 1.165) is 6.07 Å². The molecule has 1 atom stereocenters. The van der Waals surface area contributed by atoms with Crippen LogP contribution in [0.5, 0.6) is 5.75 Å². The molecule has 0 saturated carbocycles. The molecule has 8 heteroatoms. The number of fused-ring (bicyclic) bond motifs is 1. The summed E-state index contributed by atoms with van der Waals surface area (Å²) in [6.45, 7) is 1.69. The third-order valence-electron chi connectivity index (χ3n) is 3.10. The van der Waals surface area contributed by atoms with E-state index in [-0.39, 0.29) is 10.9 Å². The Balaban J connectivity index is 2.61. The Hall–Kier alpha value is -1.80. The first-order valence-corrected chi connectivity index (χ1v) is 7.78. The van der Waals surface area contributed by atoms with E-state index < -0.39 is 27.5 Å². The number of halogens is 3. The fraction of sp³-hybridized carbons (Fsp3) is 0.286. The third kappa shape index (κ3) is 3.17. The zero-order chi connectivity index (χ0) is 16.5. The van der Waals surface area contributed by atoms with E-state index in [1.165, 1.54) is 6.07 Å². The Morgan fingerprint density at radius 3 is 2.45 bits per heavy atom. The summed E-state index contributed by atoms with van der Waals surface area (Å²) in [5, 5.41) is 10.5. The maximum atomic E-state index is 12.5. The predicted molar refractivity (Wildman–Crippen MR) is 74.8 cm³/mol. The van der Waals surface area contributed by atoms with Crippen molar-refractivity contribution in [2.45, 2.75) is 25.0 Å². The Bertz CT molecular complexity index is 784. The summed E-state index contributed by atoms with van der Waals surface area (Å²) >= 11 is 0. The molecule has 0 aliphatic rings. The molecule has 0 bridgehead atoms. The van der Waals surface area contributed by atoms with E-state index in [0.29, 0.717) is 11.8 Å². The van der Waals surface area contributed by atoms with Crippen molar-refractivity contribution in [2.75, 3.05) is 0 Å². The van der Waals surface area contributed by atoms with Gasteiger partial charge >= 0.3 is 15.6 Å². The van der Waals surface area contributed by atoms with Crippen molar-refractivity contribution in [1.82, 2.24) is 0 Å². The minimum atomic E-state index is -5.77. The number of rotatable bonds is 4. The predicted octanol–water partition coefficient (Wildman–Crippen LogP) is 3.51. The van der Waals surface area contributed by atoms with E-state index in [9.17, 15) is 26.7 Å². The van der Waals surface area contributed by atoms with Crippen molar-refractivity contribution in [2.24, 2.45) is 0 Å². The van der Waals surface area contributed by atoms with Gasteiger partial charge in [-0.2, -0.15) is 21.6 Å². The summed E-state index contributed by atoms with van der Waals surface area (Å²) in [6.07, 6.45) is -0.607. The van der Waals surface area contributed by atoms with Crippen LogP contribution < -0.4 is 4.18 Å². The van der Waals surface area contributed by atoms with Gasteiger partial charge in [-0.25, -0.2) is 0 Å². The lowest BCUT2D eigenvalue weighted by Crippen LogP contribution is -2.28. The van der Waals surface area contributed by atoms with Crippen LogP contribution in [0.4, 0.5) is 13.2 Å². The van der Waals surface area contributed by atoms with Gasteiger partial charge in [-0.15, -0.1) is 0 Å². The largest absolute Gasteiger partial charge is 0.534 e. The Morgan fingerprint density at radius 2 is 1.86 bits per heavy atom. The number of benzene rings is 2. The van der Waals surface area contributed by atoms with E-state index in [4.69, 9.17) is 0 Å². The molecule has 0 saturated heterocycles. The van der Waals surface area contributed by atoms with Crippen LogP contribution in [-0.2, 0) is 10.1 Å². The molecule has 0 aliphatic carbocycles. The lowest BCUT2D eigenvalue weighted by Gasteiger charge is -2.15. The normalized spacial score (nSPS) is 14.0. The first-order chi connectivity index (χ1) is 10.2. The molecule has 4 nitrogen and oxygen atoms in total. The highest BCUT2D eigenvalue weighted by Gasteiger charge is 2.48. The zero-order valence-corrected chi connectivity index (χ0v) is 12.3. The molecule has 120 valence electrons. The molecule has 0 aromatic heterocycles. The molecule has 2 aromatic carbocycles. The highest BCUT2D eigenvalue weighted by atomic mass is 32.2. The smallest absolute Gasteiger partial charge is 0.388 e. The molecule has 0 amide bonds. The summed E-state index contributed by atoms with van der Waals surface area (Å²) in [5.74, 6) is -0.460. The molecule has 0 radical (unpaired) electrons. The van der Waals surface area contributed by atoms with E-state index in [1.807, 2.05) is 0 Å². The van der Waals surface area contributed by atoms with Crippen LogP contribution in [0.1, 0.15) is 25.0 Å². The molecule has 0 heterocycles. The van der Waals surface area contributed by atoms with Gasteiger partial charge in [-0.3, -0.25) is 0 Å². The van der Waals surface area contributed by atoms with Gasteiger partial charge in [0.2, 0.25) is 0 Å². The van der Waals surface area contributed by atoms with Crippen molar-refractivity contribution >= 4 is 20.9 Å². The average Bonchev–Trinajstić information content (AvgIpc) is 2.44. The van der Waals surface area contributed by atoms with Crippen molar-refractivity contribution < 1.29 is 30.9 Å². The lowest BCUT2D eigenvalue weighted by molar-refractivity contribution is -0.0499. The average molecular weight is 334 g/mol. The monoisotopic (exact) mass is 334 g/mol.